The Labute approximate surface area is 132 Å². The SMILES string of the molecule is O=C([O-])c1cc(-c2ccc3ccccc3c2)nc2ccccc12. The predicted octanol–water partition coefficient (Wildman–Crippen LogP) is 3.42. The fourth-order valence-electron chi connectivity index (χ4n) is 2.84. The number of carbonyl (C=O) groups excluding carboxylic acids is 1. The van der Waals surface area contributed by atoms with E-state index in [4.69, 9.17) is 0 Å². The molecule has 0 amide bonds. The van der Waals surface area contributed by atoms with Gasteiger partial charge in [0, 0.05) is 16.5 Å². The van der Waals surface area contributed by atoms with E-state index in [0.717, 1.165) is 16.3 Å². The second-order valence-corrected chi connectivity index (χ2v) is 5.42. The van der Waals surface area contributed by atoms with Crippen molar-refractivity contribution in [2.45, 2.75) is 0 Å². The number of para-hydroxylation sites is 1. The second-order valence-electron chi connectivity index (χ2n) is 5.42. The molecular formula is C20H12NO2-. The van der Waals surface area contributed by atoms with Gasteiger partial charge in [0.05, 0.1) is 17.2 Å². The Morgan fingerprint density at radius 1 is 0.826 bits per heavy atom. The van der Waals surface area contributed by atoms with Gasteiger partial charge in [0.25, 0.3) is 0 Å². The average Bonchev–Trinajstić information content (AvgIpc) is 2.60. The van der Waals surface area contributed by atoms with Gasteiger partial charge in [-0.05, 0) is 29.0 Å². The van der Waals surface area contributed by atoms with Crippen molar-refractivity contribution >= 4 is 27.6 Å². The lowest BCUT2D eigenvalue weighted by Gasteiger charge is -2.11. The highest BCUT2D eigenvalue weighted by molar-refractivity contribution is 6.03. The maximum atomic E-state index is 11.5. The van der Waals surface area contributed by atoms with Gasteiger partial charge >= 0.3 is 0 Å². The zero-order valence-corrected chi connectivity index (χ0v) is 12.2. The van der Waals surface area contributed by atoms with Gasteiger partial charge in [-0.1, -0.05) is 54.6 Å². The van der Waals surface area contributed by atoms with Crippen LogP contribution in [0.1, 0.15) is 10.4 Å². The van der Waals surface area contributed by atoms with Crippen LogP contribution in [0.3, 0.4) is 0 Å². The third-order valence-electron chi connectivity index (χ3n) is 3.98. The number of aromatic nitrogens is 1. The van der Waals surface area contributed by atoms with E-state index in [1.807, 2.05) is 54.6 Å². The van der Waals surface area contributed by atoms with E-state index in [2.05, 4.69) is 4.98 Å². The number of carboxylic acid groups (broad SMARTS) is 1. The summed E-state index contributed by atoms with van der Waals surface area (Å²) in [5, 5.41) is 14.3. The maximum Gasteiger partial charge on any atom is 0.0722 e. The molecule has 110 valence electrons. The van der Waals surface area contributed by atoms with E-state index in [0.29, 0.717) is 16.6 Å². The molecule has 0 spiro atoms. The summed E-state index contributed by atoms with van der Waals surface area (Å²) in [6.45, 7) is 0. The normalized spacial score (nSPS) is 11.0. The fraction of sp³-hybridized carbons (Fsp3) is 0. The van der Waals surface area contributed by atoms with Crippen LogP contribution >= 0.6 is 0 Å². The number of aromatic carboxylic acids is 1. The Morgan fingerprint density at radius 2 is 1.57 bits per heavy atom. The number of fused-ring (bicyclic) bond motifs is 2. The highest BCUT2D eigenvalue weighted by atomic mass is 16.4. The van der Waals surface area contributed by atoms with Crippen LogP contribution in [0.4, 0.5) is 0 Å². The van der Waals surface area contributed by atoms with Crippen molar-refractivity contribution < 1.29 is 9.90 Å². The summed E-state index contributed by atoms with van der Waals surface area (Å²) in [6, 6.07) is 22.8. The van der Waals surface area contributed by atoms with Crippen molar-refractivity contribution in [3.63, 3.8) is 0 Å². The highest BCUT2D eigenvalue weighted by Crippen LogP contribution is 2.27. The molecule has 3 nitrogen and oxygen atoms in total. The molecule has 0 unspecified atom stereocenters. The molecule has 0 aliphatic carbocycles. The molecule has 0 radical (unpaired) electrons. The smallest absolute Gasteiger partial charge is 0.0722 e. The number of carbonyl (C=O) groups is 1. The summed E-state index contributed by atoms with van der Waals surface area (Å²) < 4.78 is 0. The van der Waals surface area contributed by atoms with Crippen molar-refractivity contribution in [1.82, 2.24) is 4.98 Å². The molecule has 23 heavy (non-hydrogen) atoms. The number of benzene rings is 3. The largest absolute Gasteiger partial charge is 0.545 e. The minimum atomic E-state index is -1.19. The fourth-order valence-corrected chi connectivity index (χ4v) is 2.84. The first-order valence-electron chi connectivity index (χ1n) is 7.33. The molecule has 0 atom stereocenters. The number of hydrogen-bond acceptors (Lipinski definition) is 3. The van der Waals surface area contributed by atoms with Gasteiger partial charge in [-0.15, -0.1) is 0 Å². The summed E-state index contributed by atoms with van der Waals surface area (Å²) in [5.41, 5.74) is 2.33. The summed E-state index contributed by atoms with van der Waals surface area (Å²) in [5.74, 6) is -1.19. The van der Waals surface area contributed by atoms with Gasteiger partial charge in [-0.3, -0.25) is 0 Å². The van der Waals surface area contributed by atoms with E-state index in [1.54, 1.807) is 18.2 Å². The molecule has 0 saturated heterocycles. The van der Waals surface area contributed by atoms with E-state index in [1.165, 1.54) is 0 Å². The van der Waals surface area contributed by atoms with Crippen molar-refractivity contribution in [3.05, 3.63) is 78.4 Å². The Balaban J connectivity index is 1.98. The first-order valence-corrected chi connectivity index (χ1v) is 7.33. The van der Waals surface area contributed by atoms with Gasteiger partial charge in [0.2, 0.25) is 0 Å². The minimum absolute atomic E-state index is 0.166. The third kappa shape index (κ3) is 2.32. The Morgan fingerprint density at radius 3 is 2.39 bits per heavy atom. The second kappa shape index (κ2) is 5.21. The highest BCUT2D eigenvalue weighted by Gasteiger charge is 2.08. The molecule has 4 aromatic rings. The predicted molar refractivity (Wildman–Crippen MR) is 89.0 cm³/mol. The molecule has 1 aromatic heterocycles. The summed E-state index contributed by atoms with van der Waals surface area (Å²) in [6.07, 6.45) is 0. The number of rotatable bonds is 2. The van der Waals surface area contributed by atoms with Crippen LogP contribution in [0.25, 0.3) is 32.9 Å². The molecule has 3 aromatic carbocycles. The van der Waals surface area contributed by atoms with Crippen molar-refractivity contribution in [2.75, 3.05) is 0 Å². The molecule has 0 aliphatic rings. The molecule has 0 fully saturated rings. The molecule has 3 heteroatoms. The lowest BCUT2D eigenvalue weighted by molar-refractivity contribution is -0.254. The lowest BCUT2D eigenvalue weighted by Crippen LogP contribution is -2.22. The van der Waals surface area contributed by atoms with Crippen molar-refractivity contribution in [2.24, 2.45) is 0 Å². The molecule has 0 N–H and O–H groups in total. The van der Waals surface area contributed by atoms with Crippen molar-refractivity contribution in [3.8, 4) is 11.3 Å². The Bertz CT molecular complexity index is 1050. The van der Waals surface area contributed by atoms with E-state index in [-0.39, 0.29) is 5.56 Å². The van der Waals surface area contributed by atoms with Gasteiger partial charge in [-0.2, -0.15) is 0 Å². The molecule has 0 bridgehead atoms. The van der Waals surface area contributed by atoms with E-state index < -0.39 is 5.97 Å². The maximum absolute atomic E-state index is 11.5. The van der Waals surface area contributed by atoms with Crippen LogP contribution in [-0.2, 0) is 0 Å². The first kappa shape index (κ1) is 13.5. The molecule has 4 rings (SSSR count). The van der Waals surface area contributed by atoms with Crippen LogP contribution in [0.5, 0.6) is 0 Å². The molecule has 0 aliphatic heterocycles. The van der Waals surface area contributed by atoms with Gasteiger partial charge in [0.1, 0.15) is 0 Å². The lowest BCUT2D eigenvalue weighted by atomic mass is 10.0. The van der Waals surface area contributed by atoms with Crippen LogP contribution in [0.2, 0.25) is 0 Å². The van der Waals surface area contributed by atoms with E-state index in [9.17, 15) is 9.90 Å². The summed E-state index contributed by atoms with van der Waals surface area (Å²) >= 11 is 0. The van der Waals surface area contributed by atoms with Gasteiger partial charge < -0.3 is 9.90 Å². The van der Waals surface area contributed by atoms with Gasteiger partial charge in [0.15, 0.2) is 0 Å². The minimum Gasteiger partial charge on any atom is -0.545 e. The zero-order chi connectivity index (χ0) is 15.8. The molecule has 0 saturated carbocycles. The monoisotopic (exact) mass is 298 g/mol. The van der Waals surface area contributed by atoms with Crippen LogP contribution in [0.15, 0.2) is 72.8 Å². The number of hydrogen-bond donors (Lipinski definition) is 0. The van der Waals surface area contributed by atoms with E-state index >= 15 is 0 Å². The third-order valence-corrected chi connectivity index (χ3v) is 3.98. The topological polar surface area (TPSA) is 53.0 Å². The standard InChI is InChI=1S/C20H13NO2/c22-20(23)17-12-19(21-18-8-4-3-7-16(17)18)15-10-9-13-5-1-2-6-14(13)11-15/h1-12H,(H,22,23)/p-1. The quantitative estimate of drug-likeness (QED) is 0.570. The Kier molecular flexibility index (Phi) is 3.05. The molecular weight excluding hydrogens is 286 g/mol. The summed E-state index contributed by atoms with van der Waals surface area (Å²) in [4.78, 5) is 16.1. The van der Waals surface area contributed by atoms with Gasteiger partial charge in [-0.25, -0.2) is 4.98 Å². The number of nitrogens with zero attached hydrogens (tertiary/aromatic N) is 1. The first-order chi connectivity index (χ1) is 11.2. The van der Waals surface area contributed by atoms with Crippen molar-refractivity contribution in [1.29, 1.82) is 0 Å². The van der Waals surface area contributed by atoms with Crippen LogP contribution < -0.4 is 5.11 Å². The zero-order valence-electron chi connectivity index (χ0n) is 12.2. The number of pyridine rings is 1. The summed E-state index contributed by atoms with van der Waals surface area (Å²) in [7, 11) is 0. The number of carboxylic acids is 1. The van der Waals surface area contributed by atoms with Crippen LogP contribution in [-0.4, -0.2) is 11.0 Å². The van der Waals surface area contributed by atoms with Crippen LogP contribution in [0, 0.1) is 0 Å². The molecule has 1 heterocycles. The average molecular weight is 298 g/mol. The Hall–Kier alpha value is -3.20.